The first-order chi connectivity index (χ1) is 9.10. The summed E-state index contributed by atoms with van der Waals surface area (Å²) in [5.41, 5.74) is 0. The van der Waals surface area contributed by atoms with Crippen LogP contribution in [0, 0.1) is 11.8 Å². The number of hydrogen-bond donors (Lipinski definition) is 1. The van der Waals surface area contributed by atoms with Crippen LogP contribution in [0.2, 0.25) is 0 Å². The summed E-state index contributed by atoms with van der Waals surface area (Å²) in [5, 5.41) is 8.97. The van der Waals surface area contributed by atoms with Gasteiger partial charge in [0.05, 0.1) is 19.1 Å². The highest BCUT2D eigenvalue weighted by Gasteiger charge is 2.35. The zero-order valence-corrected chi connectivity index (χ0v) is 11.6. The van der Waals surface area contributed by atoms with Gasteiger partial charge < -0.3 is 19.5 Å². The van der Waals surface area contributed by atoms with Gasteiger partial charge in [-0.15, -0.1) is 0 Å². The molecule has 19 heavy (non-hydrogen) atoms. The summed E-state index contributed by atoms with van der Waals surface area (Å²) in [6, 6.07) is 0. The maximum absolute atomic E-state index is 12.3. The molecule has 1 rings (SSSR count). The number of amides is 1. The number of aliphatic carboxylic acids is 1. The number of carboxylic acids is 1. The van der Waals surface area contributed by atoms with Crippen molar-refractivity contribution in [3.8, 4) is 0 Å². The van der Waals surface area contributed by atoms with Gasteiger partial charge in [-0.2, -0.15) is 0 Å². The van der Waals surface area contributed by atoms with E-state index in [0.29, 0.717) is 45.6 Å². The van der Waals surface area contributed by atoms with Gasteiger partial charge in [0.15, 0.2) is 0 Å². The average molecular weight is 273 g/mol. The van der Waals surface area contributed by atoms with Crippen LogP contribution in [0.15, 0.2) is 0 Å². The van der Waals surface area contributed by atoms with Crippen molar-refractivity contribution >= 4 is 11.9 Å². The van der Waals surface area contributed by atoms with E-state index >= 15 is 0 Å². The highest BCUT2D eigenvalue weighted by Crippen LogP contribution is 2.32. The van der Waals surface area contributed by atoms with Gasteiger partial charge in [-0.05, 0) is 19.3 Å². The first-order valence-corrected chi connectivity index (χ1v) is 6.59. The summed E-state index contributed by atoms with van der Waals surface area (Å²) < 4.78 is 9.99. The molecule has 6 heteroatoms. The summed E-state index contributed by atoms with van der Waals surface area (Å²) >= 11 is 0. The Labute approximate surface area is 113 Å². The molecular weight excluding hydrogens is 250 g/mol. The predicted molar refractivity (Wildman–Crippen MR) is 68.8 cm³/mol. The molecule has 0 saturated heterocycles. The molecule has 1 N–H and O–H groups in total. The number of nitrogens with zero attached hydrogens (tertiary/aromatic N) is 1. The molecule has 1 saturated carbocycles. The van der Waals surface area contributed by atoms with Crippen LogP contribution in [0.1, 0.15) is 19.3 Å². The fraction of sp³-hybridized carbons (Fsp3) is 0.846. The molecule has 0 aromatic heterocycles. The second-order valence-corrected chi connectivity index (χ2v) is 4.86. The normalized spacial score (nSPS) is 22.4. The van der Waals surface area contributed by atoms with Crippen LogP contribution in [0.5, 0.6) is 0 Å². The van der Waals surface area contributed by atoms with E-state index in [9.17, 15) is 9.59 Å². The molecule has 2 unspecified atom stereocenters. The molecule has 1 amide bonds. The summed E-state index contributed by atoms with van der Waals surface area (Å²) in [6.45, 7) is 1.99. The molecule has 0 radical (unpaired) electrons. The summed E-state index contributed by atoms with van der Waals surface area (Å²) in [5.74, 6) is -1.32. The highest BCUT2D eigenvalue weighted by molar-refractivity contribution is 5.81. The molecule has 6 nitrogen and oxygen atoms in total. The van der Waals surface area contributed by atoms with Crippen molar-refractivity contribution in [3.05, 3.63) is 0 Å². The predicted octanol–water partition coefficient (Wildman–Crippen LogP) is 0.609. The monoisotopic (exact) mass is 273 g/mol. The molecule has 1 aliphatic rings. The van der Waals surface area contributed by atoms with E-state index in [4.69, 9.17) is 14.6 Å². The van der Waals surface area contributed by atoms with Crippen LogP contribution in [0.4, 0.5) is 0 Å². The van der Waals surface area contributed by atoms with E-state index < -0.39 is 5.97 Å². The SMILES string of the molecule is COCCN(CCOC)C(=O)C1CCC(C(=O)O)C1. The van der Waals surface area contributed by atoms with Crippen molar-refractivity contribution < 1.29 is 24.2 Å². The lowest BCUT2D eigenvalue weighted by Crippen LogP contribution is -2.39. The van der Waals surface area contributed by atoms with Gasteiger partial charge in [0.2, 0.25) is 5.91 Å². The number of rotatable bonds is 8. The molecule has 0 heterocycles. The maximum Gasteiger partial charge on any atom is 0.306 e. The first-order valence-electron chi connectivity index (χ1n) is 6.59. The molecule has 0 aromatic carbocycles. The van der Waals surface area contributed by atoms with E-state index in [0.717, 1.165) is 0 Å². The average Bonchev–Trinajstić information content (AvgIpc) is 2.88. The highest BCUT2D eigenvalue weighted by atomic mass is 16.5. The molecule has 0 aliphatic heterocycles. The van der Waals surface area contributed by atoms with Crippen molar-refractivity contribution in [2.45, 2.75) is 19.3 Å². The number of methoxy groups -OCH3 is 2. The molecule has 1 fully saturated rings. The van der Waals surface area contributed by atoms with Crippen LogP contribution in [0.25, 0.3) is 0 Å². The molecule has 0 aromatic rings. The standard InChI is InChI=1S/C13H23NO5/c1-18-7-5-14(6-8-19-2)12(15)10-3-4-11(9-10)13(16)17/h10-11H,3-9H2,1-2H3,(H,16,17). The van der Waals surface area contributed by atoms with Gasteiger partial charge in [0.25, 0.3) is 0 Å². The number of hydrogen-bond acceptors (Lipinski definition) is 4. The Morgan fingerprint density at radius 2 is 1.63 bits per heavy atom. The minimum atomic E-state index is -0.796. The van der Waals surface area contributed by atoms with Crippen LogP contribution < -0.4 is 0 Å². The van der Waals surface area contributed by atoms with E-state index in [-0.39, 0.29) is 17.7 Å². The topological polar surface area (TPSA) is 76.1 Å². The van der Waals surface area contributed by atoms with Crippen molar-refractivity contribution in [3.63, 3.8) is 0 Å². The van der Waals surface area contributed by atoms with Crippen molar-refractivity contribution in [1.29, 1.82) is 0 Å². The van der Waals surface area contributed by atoms with Gasteiger partial charge in [0.1, 0.15) is 0 Å². The molecular formula is C13H23NO5. The van der Waals surface area contributed by atoms with Gasteiger partial charge >= 0.3 is 5.97 Å². The van der Waals surface area contributed by atoms with E-state index in [1.807, 2.05) is 0 Å². The lowest BCUT2D eigenvalue weighted by atomic mass is 10.0. The van der Waals surface area contributed by atoms with Crippen molar-refractivity contribution in [1.82, 2.24) is 4.90 Å². The Bertz CT molecular complexity index is 299. The lowest BCUT2D eigenvalue weighted by Gasteiger charge is -2.25. The van der Waals surface area contributed by atoms with Crippen LogP contribution >= 0.6 is 0 Å². The smallest absolute Gasteiger partial charge is 0.306 e. The number of ether oxygens (including phenoxy) is 2. The van der Waals surface area contributed by atoms with Crippen molar-refractivity contribution in [2.75, 3.05) is 40.5 Å². The Kier molecular flexibility index (Phi) is 6.80. The zero-order chi connectivity index (χ0) is 14.3. The van der Waals surface area contributed by atoms with E-state index in [1.54, 1.807) is 19.1 Å². The number of carbonyl (C=O) groups is 2. The van der Waals surface area contributed by atoms with Crippen LogP contribution in [-0.4, -0.2) is 62.4 Å². The third-order valence-corrected chi connectivity index (χ3v) is 3.57. The Morgan fingerprint density at radius 3 is 2.05 bits per heavy atom. The van der Waals surface area contributed by atoms with Crippen LogP contribution in [-0.2, 0) is 19.1 Å². The largest absolute Gasteiger partial charge is 0.481 e. The Morgan fingerprint density at radius 1 is 1.11 bits per heavy atom. The molecule has 1 aliphatic carbocycles. The van der Waals surface area contributed by atoms with Gasteiger partial charge in [0, 0.05) is 33.2 Å². The number of carbonyl (C=O) groups excluding carboxylic acids is 1. The van der Waals surface area contributed by atoms with Gasteiger partial charge in [-0.1, -0.05) is 0 Å². The summed E-state index contributed by atoms with van der Waals surface area (Å²) in [7, 11) is 3.18. The van der Waals surface area contributed by atoms with Gasteiger partial charge in [-0.3, -0.25) is 9.59 Å². The van der Waals surface area contributed by atoms with E-state index in [1.165, 1.54) is 0 Å². The van der Waals surface area contributed by atoms with Gasteiger partial charge in [-0.25, -0.2) is 0 Å². The summed E-state index contributed by atoms with van der Waals surface area (Å²) in [6.07, 6.45) is 1.70. The molecule has 2 atom stereocenters. The zero-order valence-electron chi connectivity index (χ0n) is 11.6. The maximum atomic E-state index is 12.3. The fourth-order valence-corrected chi connectivity index (χ4v) is 2.42. The Balaban J connectivity index is 2.53. The van der Waals surface area contributed by atoms with Crippen LogP contribution in [0.3, 0.4) is 0 Å². The second-order valence-electron chi connectivity index (χ2n) is 4.86. The lowest BCUT2D eigenvalue weighted by molar-refractivity contribution is -0.141. The molecule has 0 spiro atoms. The van der Waals surface area contributed by atoms with Crippen molar-refractivity contribution in [2.24, 2.45) is 11.8 Å². The third-order valence-electron chi connectivity index (χ3n) is 3.57. The molecule has 110 valence electrons. The number of carboxylic acid groups (broad SMARTS) is 1. The third kappa shape index (κ3) is 4.80. The Hall–Kier alpha value is -1.14. The quantitative estimate of drug-likeness (QED) is 0.701. The fourth-order valence-electron chi connectivity index (χ4n) is 2.42. The second kappa shape index (κ2) is 8.12. The first kappa shape index (κ1) is 15.9. The van der Waals surface area contributed by atoms with E-state index in [2.05, 4.69) is 0 Å². The summed E-state index contributed by atoms with van der Waals surface area (Å²) in [4.78, 5) is 25.0. The minimum absolute atomic E-state index is 0.0258. The molecule has 0 bridgehead atoms. The minimum Gasteiger partial charge on any atom is -0.481 e.